The molecule has 0 aromatic carbocycles. The Hall–Kier alpha value is -0.520. The highest BCUT2D eigenvalue weighted by Crippen LogP contribution is 2.15. The lowest BCUT2D eigenvalue weighted by atomic mass is 10.2. The van der Waals surface area contributed by atoms with Crippen LogP contribution >= 0.6 is 11.6 Å². The first kappa shape index (κ1) is 11.0. The Bertz CT molecular complexity index is 351. The van der Waals surface area contributed by atoms with Gasteiger partial charge in [0.2, 0.25) is 0 Å². The van der Waals surface area contributed by atoms with Gasteiger partial charge in [-0.05, 0) is 31.5 Å². The van der Waals surface area contributed by atoms with Crippen LogP contribution in [0.25, 0.3) is 0 Å². The fraction of sp³-hybridized carbons (Fsp3) is 0.556. The molecule has 1 aliphatic rings. The molecule has 1 aromatic rings. The molecule has 15 heavy (non-hydrogen) atoms. The molecule has 0 saturated carbocycles. The van der Waals surface area contributed by atoms with E-state index in [0.29, 0.717) is 10.2 Å². The van der Waals surface area contributed by atoms with Crippen LogP contribution in [0.1, 0.15) is 12.8 Å². The Balaban J connectivity index is 2.09. The van der Waals surface area contributed by atoms with Gasteiger partial charge in [0, 0.05) is 6.54 Å². The highest BCUT2D eigenvalue weighted by molar-refractivity contribution is 7.85. The summed E-state index contributed by atoms with van der Waals surface area (Å²) in [7, 11) is -1.07. The van der Waals surface area contributed by atoms with Gasteiger partial charge in [-0.25, -0.2) is 0 Å². The number of nitrogens with zero attached hydrogens (tertiary/aromatic N) is 2. The summed E-state index contributed by atoms with van der Waals surface area (Å²) in [6.45, 7) is 1.80. The first-order valence-electron chi connectivity index (χ1n) is 4.88. The Morgan fingerprint density at radius 2 is 2.33 bits per heavy atom. The summed E-state index contributed by atoms with van der Waals surface area (Å²) in [5.41, 5.74) is 0. The van der Waals surface area contributed by atoms with Gasteiger partial charge in [-0.15, -0.1) is 10.2 Å². The Morgan fingerprint density at radius 1 is 1.47 bits per heavy atom. The van der Waals surface area contributed by atoms with Gasteiger partial charge in [0.15, 0.2) is 5.15 Å². The van der Waals surface area contributed by atoms with Gasteiger partial charge in [0.05, 0.1) is 16.0 Å². The summed E-state index contributed by atoms with van der Waals surface area (Å²) in [5, 5.41) is 11.8. The van der Waals surface area contributed by atoms with Crippen molar-refractivity contribution < 1.29 is 4.21 Å². The van der Waals surface area contributed by atoms with Gasteiger partial charge in [-0.2, -0.15) is 0 Å². The minimum Gasteiger partial charge on any atom is -0.316 e. The number of aromatic nitrogens is 2. The summed E-state index contributed by atoms with van der Waals surface area (Å²) in [4.78, 5) is 0. The molecule has 1 fully saturated rings. The summed E-state index contributed by atoms with van der Waals surface area (Å²) >= 11 is 5.62. The molecule has 1 aliphatic heterocycles. The molecule has 0 radical (unpaired) electrons. The van der Waals surface area contributed by atoms with E-state index in [0.717, 1.165) is 25.9 Å². The third kappa shape index (κ3) is 2.74. The van der Waals surface area contributed by atoms with Crippen molar-refractivity contribution in [3.8, 4) is 0 Å². The second kappa shape index (κ2) is 5.01. The van der Waals surface area contributed by atoms with Gasteiger partial charge in [-0.1, -0.05) is 11.6 Å². The van der Waals surface area contributed by atoms with Crippen LogP contribution in [-0.4, -0.2) is 32.7 Å². The molecule has 1 N–H and O–H groups in total. The Kier molecular flexibility index (Phi) is 3.66. The maximum Gasteiger partial charge on any atom is 0.151 e. The van der Waals surface area contributed by atoms with Gasteiger partial charge in [0.1, 0.15) is 5.03 Å². The summed E-state index contributed by atoms with van der Waals surface area (Å²) in [6.07, 6.45) is 2.04. The molecule has 1 saturated heterocycles. The van der Waals surface area contributed by atoms with Crippen molar-refractivity contribution in [2.45, 2.75) is 23.1 Å². The summed E-state index contributed by atoms with van der Waals surface area (Å²) in [6, 6.07) is 3.30. The number of rotatable bonds is 2. The monoisotopic (exact) mass is 245 g/mol. The smallest absolute Gasteiger partial charge is 0.151 e. The van der Waals surface area contributed by atoms with E-state index < -0.39 is 10.8 Å². The molecule has 0 spiro atoms. The SMILES string of the molecule is O=[S@](c1ccc(Cl)nn1)[C@@H]1CCCNC1. The average Bonchev–Trinajstić information content (AvgIpc) is 2.30. The zero-order valence-corrected chi connectivity index (χ0v) is 9.72. The van der Waals surface area contributed by atoms with Crippen molar-refractivity contribution in [3.05, 3.63) is 17.3 Å². The molecule has 1 aromatic heterocycles. The van der Waals surface area contributed by atoms with E-state index >= 15 is 0 Å². The molecule has 2 rings (SSSR count). The van der Waals surface area contributed by atoms with Crippen LogP contribution in [-0.2, 0) is 10.8 Å². The third-order valence-corrected chi connectivity index (χ3v) is 4.21. The van der Waals surface area contributed by atoms with Crippen molar-refractivity contribution in [3.63, 3.8) is 0 Å². The van der Waals surface area contributed by atoms with Crippen molar-refractivity contribution in [2.24, 2.45) is 0 Å². The number of hydrogen-bond acceptors (Lipinski definition) is 4. The first-order valence-corrected chi connectivity index (χ1v) is 6.47. The van der Waals surface area contributed by atoms with Gasteiger partial charge >= 0.3 is 0 Å². The zero-order valence-electron chi connectivity index (χ0n) is 8.15. The molecule has 0 aliphatic carbocycles. The molecule has 2 heterocycles. The number of hydrogen-bond donors (Lipinski definition) is 1. The van der Waals surface area contributed by atoms with Crippen LogP contribution in [0.15, 0.2) is 17.2 Å². The molecule has 0 unspecified atom stereocenters. The van der Waals surface area contributed by atoms with Crippen molar-refractivity contribution in [1.29, 1.82) is 0 Å². The maximum absolute atomic E-state index is 12.0. The summed E-state index contributed by atoms with van der Waals surface area (Å²) in [5.74, 6) is 0. The van der Waals surface area contributed by atoms with E-state index in [1.165, 1.54) is 0 Å². The summed E-state index contributed by atoms with van der Waals surface area (Å²) < 4.78 is 12.0. The lowest BCUT2D eigenvalue weighted by Crippen LogP contribution is -2.36. The van der Waals surface area contributed by atoms with E-state index in [1.807, 2.05) is 0 Å². The van der Waals surface area contributed by atoms with Gasteiger partial charge in [0.25, 0.3) is 0 Å². The van der Waals surface area contributed by atoms with Gasteiger partial charge < -0.3 is 5.32 Å². The maximum atomic E-state index is 12.0. The van der Waals surface area contributed by atoms with E-state index in [1.54, 1.807) is 12.1 Å². The predicted molar refractivity (Wildman–Crippen MR) is 59.3 cm³/mol. The average molecular weight is 246 g/mol. The van der Waals surface area contributed by atoms with Gasteiger partial charge in [-0.3, -0.25) is 4.21 Å². The quantitative estimate of drug-likeness (QED) is 0.844. The molecule has 82 valence electrons. The highest BCUT2D eigenvalue weighted by atomic mass is 35.5. The van der Waals surface area contributed by atoms with Crippen LogP contribution in [0.4, 0.5) is 0 Å². The molecular formula is C9H12ClN3OS. The number of halogens is 1. The predicted octanol–water partition coefficient (Wildman–Crippen LogP) is 0.990. The molecule has 4 nitrogen and oxygen atoms in total. The second-order valence-corrected chi connectivity index (χ2v) is 5.53. The van der Waals surface area contributed by atoms with Crippen LogP contribution < -0.4 is 5.32 Å². The van der Waals surface area contributed by atoms with Crippen molar-refractivity contribution >= 4 is 22.4 Å². The highest BCUT2D eigenvalue weighted by Gasteiger charge is 2.21. The fourth-order valence-corrected chi connectivity index (χ4v) is 3.00. The lowest BCUT2D eigenvalue weighted by Gasteiger charge is -2.21. The largest absolute Gasteiger partial charge is 0.316 e. The molecule has 0 amide bonds. The van der Waals surface area contributed by atoms with E-state index in [-0.39, 0.29) is 5.25 Å². The standard InChI is InChI=1S/C9H12ClN3OS/c10-8-3-4-9(13-12-8)15(14)7-2-1-5-11-6-7/h3-4,7,11H,1-2,5-6H2/t7-,15+/m1/s1. The van der Waals surface area contributed by atoms with Crippen LogP contribution in [0.5, 0.6) is 0 Å². The molecule has 0 bridgehead atoms. The fourth-order valence-electron chi connectivity index (χ4n) is 1.58. The first-order chi connectivity index (χ1) is 7.27. The van der Waals surface area contributed by atoms with E-state index in [4.69, 9.17) is 11.6 Å². The lowest BCUT2D eigenvalue weighted by molar-refractivity contribution is 0.518. The Labute approximate surface area is 95.9 Å². The number of piperidine rings is 1. The third-order valence-electron chi connectivity index (χ3n) is 2.37. The number of nitrogens with one attached hydrogen (secondary N) is 1. The Morgan fingerprint density at radius 3 is 2.93 bits per heavy atom. The second-order valence-electron chi connectivity index (χ2n) is 3.46. The minimum atomic E-state index is -1.07. The molecule has 2 atom stereocenters. The molecular weight excluding hydrogens is 234 g/mol. The normalized spacial score (nSPS) is 23.7. The minimum absolute atomic E-state index is 0.147. The zero-order chi connectivity index (χ0) is 10.7. The van der Waals surface area contributed by atoms with Crippen LogP contribution in [0, 0.1) is 0 Å². The molecule has 6 heteroatoms. The topological polar surface area (TPSA) is 54.9 Å². The van der Waals surface area contributed by atoms with Crippen LogP contribution in [0.2, 0.25) is 5.15 Å². The van der Waals surface area contributed by atoms with Crippen molar-refractivity contribution in [2.75, 3.05) is 13.1 Å². The van der Waals surface area contributed by atoms with E-state index in [2.05, 4.69) is 15.5 Å². The van der Waals surface area contributed by atoms with Crippen molar-refractivity contribution in [1.82, 2.24) is 15.5 Å². The van der Waals surface area contributed by atoms with Crippen LogP contribution in [0.3, 0.4) is 0 Å². The van der Waals surface area contributed by atoms with E-state index in [9.17, 15) is 4.21 Å².